The standard InChI is InChI=1S/C15H19NO5/c1-20-11-5-3-10(4-6-11)7-16-8-12(14(17)18)13(9-16)15(19)21-2/h3-6,12-13H,7-9H2,1-2H3,(H,17,18)/t12-,13-/m1/s1. The highest BCUT2D eigenvalue weighted by molar-refractivity contribution is 5.82. The summed E-state index contributed by atoms with van der Waals surface area (Å²) in [6, 6.07) is 7.58. The van der Waals surface area contributed by atoms with E-state index in [0.717, 1.165) is 11.3 Å². The lowest BCUT2D eigenvalue weighted by Gasteiger charge is -2.15. The summed E-state index contributed by atoms with van der Waals surface area (Å²) in [5, 5.41) is 9.23. The van der Waals surface area contributed by atoms with Gasteiger partial charge in [0.15, 0.2) is 0 Å². The fourth-order valence-corrected chi connectivity index (χ4v) is 2.64. The van der Waals surface area contributed by atoms with Crippen molar-refractivity contribution in [2.24, 2.45) is 11.8 Å². The van der Waals surface area contributed by atoms with Gasteiger partial charge in [0, 0.05) is 19.6 Å². The summed E-state index contributed by atoms with van der Waals surface area (Å²) < 4.78 is 9.80. The van der Waals surface area contributed by atoms with Crippen LogP contribution in [0.5, 0.6) is 5.75 Å². The van der Waals surface area contributed by atoms with E-state index in [-0.39, 0.29) is 0 Å². The molecule has 1 aromatic rings. The van der Waals surface area contributed by atoms with Gasteiger partial charge in [0.05, 0.1) is 26.1 Å². The average molecular weight is 293 g/mol. The van der Waals surface area contributed by atoms with Crippen LogP contribution in [0.3, 0.4) is 0 Å². The van der Waals surface area contributed by atoms with Gasteiger partial charge >= 0.3 is 11.9 Å². The highest BCUT2D eigenvalue weighted by atomic mass is 16.5. The molecule has 1 saturated heterocycles. The van der Waals surface area contributed by atoms with Crippen LogP contribution in [0.15, 0.2) is 24.3 Å². The van der Waals surface area contributed by atoms with E-state index in [1.54, 1.807) is 7.11 Å². The second-order valence-corrected chi connectivity index (χ2v) is 5.12. The number of benzene rings is 1. The quantitative estimate of drug-likeness (QED) is 0.816. The molecule has 1 N–H and O–H groups in total. The number of esters is 1. The number of methoxy groups -OCH3 is 2. The van der Waals surface area contributed by atoms with E-state index in [2.05, 4.69) is 0 Å². The highest BCUT2D eigenvalue weighted by Gasteiger charge is 2.42. The van der Waals surface area contributed by atoms with E-state index in [4.69, 9.17) is 9.47 Å². The van der Waals surface area contributed by atoms with Gasteiger partial charge in [-0.15, -0.1) is 0 Å². The van der Waals surface area contributed by atoms with Gasteiger partial charge in [-0.05, 0) is 17.7 Å². The Morgan fingerprint density at radius 1 is 1.19 bits per heavy atom. The lowest BCUT2D eigenvalue weighted by Crippen LogP contribution is -2.29. The third-order valence-electron chi connectivity index (χ3n) is 3.78. The molecule has 1 aromatic carbocycles. The van der Waals surface area contributed by atoms with Crippen molar-refractivity contribution in [2.75, 3.05) is 27.3 Å². The molecule has 1 aliphatic rings. The maximum Gasteiger partial charge on any atom is 0.310 e. The lowest BCUT2D eigenvalue weighted by molar-refractivity contribution is -0.153. The molecule has 21 heavy (non-hydrogen) atoms. The minimum Gasteiger partial charge on any atom is -0.497 e. The van der Waals surface area contributed by atoms with Gasteiger partial charge in [-0.1, -0.05) is 12.1 Å². The molecule has 1 heterocycles. The van der Waals surface area contributed by atoms with E-state index in [1.165, 1.54) is 7.11 Å². The third-order valence-corrected chi connectivity index (χ3v) is 3.78. The predicted molar refractivity (Wildman–Crippen MR) is 74.9 cm³/mol. The smallest absolute Gasteiger partial charge is 0.310 e. The summed E-state index contributed by atoms with van der Waals surface area (Å²) in [4.78, 5) is 24.9. The van der Waals surface area contributed by atoms with Crippen LogP contribution in [0, 0.1) is 11.8 Å². The van der Waals surface area contributed by atoms with Crippen LogP contribution in [0.2, 0.25) is 0 Å². The molecule has 6 nitrogen and oxygen atoms in total. The normalized spacial score (nSPS) is 22.0. The Morgan fingerprint density at radius 3 is 2.33 bits per heavy atom. The maximum atomic E-state index is 11.7. The minimum absolute atomic E-state index is 0.348. The molecule has 2 atom stereocenters. The van der Waals surface area contributed by atoms with Crippen molar-refractivity contribution in [2.45, 2.75) is 6.54 Å². The van der Waals surface area contributed by atoms with Crippen LogP contribution >= 0.6 is 0 Å². The molecule has 0 amide bonds. The third kappa shape index (κ3) is 3.52. The van der Waals surface area contributed by atoms with Crippen molar-refractivity contribution in [3.63, 3.8) is 0 Å². The summed E-state index contributed by atoms with van der Waals surface area (Å²) in [5.74, 6) is -1.96. The molecular formula is C15H19NO5. The molecular weight excluding hydrogens is 274 g/mol. The lowest BCUT2D eigenvalue weighted by atomic mass is 9.97. The first-order valence-corrected chi connectivity index (χ1v) is 6.71. The fourth-order valence-electron chi connectivity index (χ4n) is 2.64. The molecule has 0 aliphatic carbocycles. The van der Waals surface area contributed by atoms with Crippen molar-refractivity contribution in [3.8, 4) is 5.75 Å². The number of carboxylic acid groups (broad SMARTS) is 1. The average Bonchev–Trinajstić information content (AvgIpc) is 2.91. The van der Waals surface area contributed by atoms with E-state index >= 15 is 0 Å². The highest BCUT2D eigenvalue weighted by Crippen LogP contribution is 2.26. The van der Waals surface area contributed by atoms with Gasteiger partial charge in [0.1, 0.15) is 5.75 Å². The Balaban J connectivity index is 2.04. The molecule has 0 bridgehead atoms. The Kier molecular flexibility index (Phi) is 4.80. The van der Waals surface area contributed by atoms with Crippen LogP contribution in [0.25, 0.3) is 0 Å². The van der Waals surface area contributed by atoms with Gasteiger partial charge in [-0.2, -0.15) is 0 Å². The Labute approximate surface area is 123 Å². The number of hydrogen-bond acceptors (Lipinski definition) is 5. The Morgan fingerprint density at radius 2 is 1.81 bits per heavy atom. The molecule has 1 aliphatic heterocycles. The topological polar surface area (TPSA) is 76.1 Å². The van der Waals surface area contributed by atoms with E-state index < -0.39 is 23.8 Å². The second kappa shape index (κ2) is 6.58. The first kappa shape index (κ1) is 15.3. The zero-order chi connectivity index (χ0) is 15.4. The van der Waals surface area contributed by atoms with Gasteiger partial charge < -0.3 is 14.6 Å². The Hall–Kier alpha value is -2.08. The van der Waals surface area contributed by atoms with E-state index in [1.807, 2.05) is 29.2 Å². The zero-order valence-corrected chi connectivity index (χ0v) is 12.1. The number of aliphatic carboxylic acids is 1. The summed E-state index contributed by atoms with van der Waals surface area (Å²) >= 11 is 0. The molecule has 0 spiro atoms. The molecule has 0 unspecified atom stereocenters. The summed E-state index contributed by atoms with van der Waals surface area (Å²) in [7, 11) is 2.89. The molecule has 0 aromatic heterocycles. The van der Waals surface area contributed by atoms with Crippen LogP contribution in [-0.4, -0.2) is 49.3 Å². The van der Waals surface area contributed by atoms with Crippen LogP contribution < -0.4 is 4.74 Å². The first-order valence-electron chi connectivity index (χ1n) is 6.71. The van der Waals surface area contributed by atoms with Crippen molar-refractivity contribution in [3.05, 3.63) is 29.8 Å². The number of likely N-dealkylation sites (tertiary alicyclic amines) is 1. The largest absolute Gasteiger partial charge is 0.497 e. The van der Waals surface area contributed by atoms with Crippen molar-refractivity contribution in [1.29, 1.82) is 0 Å². The molecule has 1 fully saturated rings. The number of ether oxygens (including phenoxy) is 2. The minimum atomic E-state index is -0.956. The van der Waals surface area contributed by atoms with E-state index in [0.29, 0.717) is 19.6 Å². The summed E-state index contributed by atoms with van der Waals surface area (Å²) in [6.07, 6.45) is 0. The number of rotatable bonds is 5. The molecule has 0 saturated carbocycles. The first-order chi connectivity index (χ1) is 10.0. The molecule has 0 radical (unpaired) electrons. The van der Waals surface area contributed by atoms with Crippen molar-refractivity contribution >= 4 is 11.9 Å². The second-order valence-electron chi connectivity index (χ2n) is 5.12. The summed E-state index contributed by atoms with van der Waals surface area (Å²) in [5.41, 5.74) is 1.05. The van der Waals surface area contributed by atoms with Gasteiger partial charge in [-0.25, -0.2) is 0 Å². The van der Waals surface area contributed by atoms with Crippen molar-refractivity contribution in [1.82, 2.24) is 4.90 Å². The Bertz CT molecular complexity index is 513. The number of carboxylic acids is 1. The molecule has 114 valence electrons. The van der Waals surface area contributed by atoms with E-state index in [9.17, 15) is 14.7 Å². The van der Waals surface area contributed by atoms with Gasteiger partial charge in [0.25, 0.3) is 0 Å². The fraction of sp³-hybridized carbons (Fsp3) is 0.467. The monoisotopic (exact) mass is 293 g/mol. The number of carbonyl (C=O) groups is 2. The maximum absolute atomic E-state index is 11.7. The van der Waals surface area contributed by atoms with Gasteiger partial charge in [-0.3, -0.25) is 14.5 Å². The zero-order valence-electron chi connectivity index (χ0n) is 12.1. The van der Waals surface area contributed by atoms with Crippen molar-refractivity contribution < 1.29 is 24.2 Å². The SMILES string of the molecule is COC(=O)[C@@H]1CN(Cc2ccc(OC)cc2)C[C@H]1C(=O)O. The summed E-state index contributed by atoms with van der Waals surface area (Å²) in [6.45, 7) is 1.35. The molecule has 6 heteroatoms. The number of carbonyl (C=O) groups excluding carboxylic acids is 1. The number of hydrogen-bond donors (Lipinski definition) is 1. The van der Waals surface area contributed by atoms with Crippen LogP contribution in [-0.2, 0) is 20.9 Å². The van der Waals surface area contributed by atoms with Gasteiger partial charge in [0.2, 0.25) is 0 Å². The number of nitrogens with zero attached hydrogens (tertiary/aromatic N) is 1. The molecule has 2 rings (SSSR count). The van der Waals surface area contributed by atoms with Crippen LogP contribution in [0.1, 0.15) is 5.56 Å². The van der Waals surface area contributed by atoms with Crippen LogP contribution in [0.4, 0.5) is 0 Å². The predicted octanol–water partition coefficient (Wildman–Crippen LogP) is 1.00.